The Balaban J connectivity index is 1.94. The van der Waals surface area contributed by atoms with Gasteiger partial charge in [0, 0.05) is 19.0 Å². The zero-order chi connectivity index (χ0) is 13.6. The van der Waals surface area contributed by atoms with Gasteiger partial charge in [-0.15, -0.1) is 0 Å². The van der Waals surface area contributed by atoms with Crippen molar-refractivity contribution in [1.82, 2.24) is 19.7 Å². The first kappa shape index (κ1) is 12.0. The van der Waals surface area contributed by atoms with Crippen molar-refractivity contribution in [3.63, 3.8) is 0 Å². The van der Waals surface area contributed by atoms with E-state index >= 15 is 0 Å². The van der Waals surface area contributed by atoms with E-state index in [9.17, 15) is 0 Å². The first-order valence-corrected chi connectivity index (χ1v) is 6.37. The standard InChI is InChI=1S/C13H17N5O/c1-7-12(8(2)18(3)17-7)19-11-6-10(14)15-13(16-11)9-4-5-9/h6,9H,4-5H2,1-3H3,(H2,14,15,16). The van der Waals surface area contributed by atoms with Gasteiger partial charge in [0.15, 0.2) is 5.75 Å². The molecule has 0 bridgehead atoms. The average molecular weight is 259 g/mol. The third kappa shape index (κ3) is 2.25. The van der Waals surface area contributed by atoms with Crippen LogP contribution in [0.15, 0.2) is 6.07 Å². The highest BCUT2D eigenvalue weighted by atomic mass is 16.5. The second-order valence-corrected chi connectivity index (χ2v) is 4.99. The molecule has 0 radical (unpaired) electrons. The Kier molecular flexibility index (Phi) is 2.66. The summed E-state index contributed by atoms with van der Waals surface area (Å²) in [6, 6.07) is 1.65. The number of nitrogen functional groups attached to an aromatic ring is 1. The molecular formula is C13H17N5O. The molecule has 19 heavy (non-hydrogen) atoms. The average Bonchev–Trinajstić information content (AvgIpc) is 3.15. The lowest BCUT2D eigenvalue weighted by Crippen LogP contribution is -2.01. The van der Waals surface area contributed by atoms with Crippen LogP contribution in [0.2, 0.25) is 0 Å². The zero-order valence-corrected chi connectivity index (χ0v) is 11.3. The number of nitrogens with two attached hydrogens (primary N) is 1. The topological polar surface area (TPSA) is 78.9 Å². The van der Waals surface area contributed by atoms with E-state index in [2.05, 4.69) is 15.1 Å². The van der Waals surface area contributed by atoms with Gasteiger partial charge in [0.1, 0.15) is 17.3 Å². The fourth-order valence-corrected chi connectivity index (χ4v) is 2.04. The molecule has 1 fully saturated rings. The lowest BCUT2D eigenvalue weighted by Gasteiger charge is -2.07. The third-order valence-corrected chi connectivity index (χ3v) is 3.33. The molecule has 1 saturated carbocycles. The number of aromatic nitrogens is 4. The number of nitrogens with zero attached hydrogens (tertiary/aromatic N) is 4. The van der Waals surface area contributed by atoms with Gasteiger partial charge in [0.2, 0.25) is 5.88 Å². The summed E-state index contributed by atoms with van der Waals surface area (Å²) in [5.74, 6) is 2.91. The summed E-state index contributed by atoms with van der Waals surface area (Å²) in [6.45, 7) is 3.87. The quantitative estimate of drug-likeness (QED) is 0.912. The highest BCUT2D eigenvalue weighted by Crippen LogP contribution is 2.39. The predicted octanol–water partition coefficient (Wildman–Crippen LogP) is 2.08. The van der Waals surface area contributed by atoms with E-state index in [4.69, 9.17) is 10.5 Å². The van der Waals surface area contributed by atoms with Crippen molar-refractivity contribution < 1.29 is 4.74 Å². The minimum absolute atomic E-state index is 0.446. The van der Waals surface area contributed by atoms with E-state index in [1.807, 2.05) is 20.9 Å². The molecule has 6 nitrogen and oxygen atoms in total. The number of ether oxygens (including phenoxy) is 1. The summed E-state index contributed by atoms with van der Waals surface area (Å²) in [6.07, 6.45) is 2.27. The molecule has 1 aliphatic carbocycles. The third-order valence-electron chi connectivity index (χ3n) is 3.33. The first-order chi connectivity index (χ1) is 9.04. The van der Waals surface area contributed by atoms with Gasteiger partial charge >= 0.3 is 0 Å². The Bertz CT molecular complexity index is 630. The van der Waals surface area contributed by atoms with E-state index in [0.717, 1.165) is 35.8 Å². The molecule has 0 saturated heterocycles. The normalized spacial score (nSPS) is 14.7. The van der Waals surface area contributed by atoms with Gasteiger partial charge in [-0.1, -0.05) is 0 Å². The van der Waals surface area contributed by atoms with Gasteiger partial charge in [0.25, 0.3) is 0 Å². The molecule has 2 aromatic heterocycles. The molecule has 6 heteroatoms. The number of aryl methyl sites for hydroxylation is 2. The van der Waals surface area contributed by atoms with Crippen molar-refractivity contribution in [2.24, 2.45) is 7.05 Å². The molecule has 2 aromatic rings. The molecule has 1 aliphatic rings. The van der Waals surface area contributed by atoms with Crippen molar-refractivity contribution >= 4 is 5.82 Å². The van der Waals surface area contributed by atoms with Gasteiger partial charge in [-0.05, 0) is 26.7 Å². The molecule has 0 unspecified atom stereocenters. The minimum atomic E-state index is 0.446. The number of hydrogen-bond acceptors (Lipinski definition) is 5. The van der Waals surface area contributed by atoms with Crippen molar-refractivity contribution in [2.75, 3.05) is 5.73 Å². The van der Waals surface area contributed by atoms with Crippen LogP contribution in [0.1, 0.15) is 36.0 Å². The van der Waals surface area contributed by atoms with Crippen molar-refractivity contribution in [1.29, 1.82) is 0 Å². The maximum Gasteiger partial charge on any atom is 0.224 e. The fourth-order valence-electron chi connectivity index (χ4n) is 2.04. The Morgan fingerprint density at radius 3 is 2.63 bits per heavy atom. The van der Waals surface area contributed by atoms with Gasteiger partial charge in [0.05, 0.1) is 5.69 Å². The molecule has 0 aliphatic heterocycles. The Labute approximate surface area is 111 Å². The second-order valence-electron chi connectivity index (χ2n) is 4.99. The van der Waals surface area contributed by atoms with E-state index in [0.29, 0.717) is 17.6 Å². The summed E-state index contributed by atoms with van der Waals surface area (Å²) >= 11 is 0. The van der Waals surface area contributed by atoms with Crippen molar-refractivity contribution in [3.8, 4) is 11.6 Å². The molecule has 0 aromatic carbocycles. The van der Waals surface area contributed by atoms with Crippen LogP contribution in [0.4, 0.5) is 5.82 Å². The van der Waals surface area contributed by atoms with Gasteiger partial charge in [-0.2, -0.15) is 10.1 Å². The summed E-state index contributed by atoms with van der Waals surface area (Å²) in [5, 5.41) is 4.32. The molecule has 100 valence electrons. The Hall–Kier alpha value is -2.11. The molecule has 0 amide bonds. The summed E-state index contributed by atoms with van der Waals surface area (Å²) in [5.41, 5.74) is 7.61. The molecule has 2 heterocycles. The van der Waals surface area contributed by atoms with E-state index in [1.54, 1.807) is 10.7 Å². The number of rotatable bonds is 3. The molecule has 0 spiro atoms. The second kappa shape index (κ2) is 4.22. The monoisotopic (exact) mass is 259 g/mol. The fraction of sp³-hybridized carbons (Fsp3) is 0.462. The van der Waals surface area contributed by atoms with Crippen LogP contribution in [-0.2, 0) is 7.05 Å². The number of hydrogen-bond donors (Lipinski definition) is 1. The maximum absolute atomic E-state index is 5.85. The lowest BCUT2D eigenvalue weighted by molar-refractivity contribution is 0.451. The molecule has 3 rings (SSSR count). The lowest BCUT2D eigenvalue weighted by atomic mass is 10.3. The van der Waals surface area contributed by atoms with Crippen molar-refractivity contribution in [3.05, 3.63) is 23.3 Å². The zero-order valence-electron chi connectivity index (χ0n) is 11.3. The van der Waals surface area contributed by atoms with E-state index < -0.39 is 0 Å². The SMILES string of the molecule is Cc1nn(C)c(C)c1Oc1cc(N)nc(C2CC2)n1. The first-order valence-electron chi connectivity index (χ1n) is 6.37. The van der Waals surface area contributed by atoms with Gasteiger partial charge < -0.3 is 10.5 Å². The smallest absolute Gasteiger partial charge is 0.224 e. The molecule has 2 N–H and O–H groups in total. The van der Waals surface area contributed by atoms with Crippen LogP contribution in [-0.4, -0.2) is 19.7 Å². The highest BCUT2D eigenvalue weighted by Gasteiger charge is 2.27. The van der Waals surface area contributed by atoms with Crippen LogP contribution >= 0.6 is 0 Å². The predicted molar refractivity (Wildman–Crippen MR) is 71.2 cm³/mol. The Morgan fingerprint density at radius 2 is 2.05 bits per heavy atom. The summed E-state index contributed by atoms with van der Waals surface area (Å²) in [7, 11) is 1.89. The van der Waals surface area contributed by atoms with Gasteiger partial charge in [-0.3, -0.25) is 4.68 Å². The Morgan fingerprint density at radius 1 is 1.32 bits per heavy atom. The van der Waals surface area contributed by atoms with Crippen LogP contribution in [0, 0.1) is 13.8 Å². The highest BCUT2D eigenvalue weighted by molar-refractivity contribution is 5.39. The molecule has 0 atom stereocenters. The van der Waals surface area contributed by atoms with Gasteiger partial charge in [-0.25, -0.2) is 4.98 Å². The van der Waals surface area contributed by atoms with Crippen molar-refractivity contribution in [2.45, 2.75) is 32.6 Å². The van der Waals surface area contributed by atoms with E-state index in [-0.39, 0.29) is 0 Å². The van der Waals surface area contributed by atoms with E-state index in [1.165, 1.54) is 0 Å². The molecular weight excluding hydrogens is 242 g/mol. The number of anilines is 1. The van der Waals surface area contributed by atoms with Crippen LogP contribution in [0.3, 0.4) is 0 Å². The summed E-state index contributed by atoms with van der Waals surface area (Å²) in [4.78, 5) is 8.69. The van der Waals surface area contributed by atoms with Crippen LogP contribution < -0.4 is 10.5 Å². The largest absolute Gasteiger partial charge is 0.435 e. The maximum atomic E-state index is 5.85. The summed E-state index contributed by atoms with van der Waals surface area (Å²) < 4.78 is 7.63. The minimum Gasteiger partial charge on any atom is -0.435 e. The van der Waals surface area contributed by atoms with Crippen LogP contribution in [0.25, 0.3) is 0 Å². The van der Waals surface area contributed by atoms with Crippen LogP contribution in [0.5, 0.6) is 11.6 Å².